The molecule has 1 atom stereocenters. The van der Waals surface area contributed by atoms with Crippen LogP contribution < -0.4 is 15.4 Å². The lowest BCUT2D eigenvalue weighted by Crippen LogP contribution is -2.52. The van der Waals surface area contributed by atoms with E-state index in [1.54, 1.807) is 23.1 Å². The molecule has 1 heterocycles. The van der Waals surface area contributed by atoms with Crippen molar-refractivity contribution in [3.8, 4) is 5.75 Å². The molecule has 1 saturated heterocycles. The van der Waals surface area contributed by atoms with Gasteiger partial charge in [-0.25, -0.2) is 4.79 Å². The molecule has 0 spiro atoms. The number of benzene rings is 2. The number of rotatable bonds is 5. The number of carbonyl (C=O) groups is 2. The van der Waals surface area contributed by atoms with Gasteiger partial charge in [0.15, 0.2) is 0 Å². The molecule has 0 unspecified atom stereocenters. The molecule has 3 rings (SSSR count). The maximum Gasteiger partial charge on any atom is 0.321 e. The molecule has 0 saturated carbocycles. The number of nitrogens with zero attached hydrogens (tertiary/aromatic N) is 1. The first-order chi connectivity index (χ1) is 14.3. The number of piperidine rings is 1. The Labute approximate surface area is 182 Å². The summed E-state index contributed by atoms with van der Waals surface area (Å²) in [6.07, 6.45) is 1.49. The van der Waals surface area contributed by atoms with Gasteiger partial charge in [0, 0.05) is 24.7 Å². The fourth-order valence-corrected chi connectivity index (χ4v) is 3.94. The molecule has 2 aromatic carbocycles. The molecule has 0 aliphatic carbocycles. The van der Waals surface area contributed by atoms with Gasteiger partial charge in [0.25, 0.3) is 0 Å². The van der Waals surface area contributed by atoms with E-state index in [2.05, 4.69) is 10.6 Å². The number of aryl methyl sites for hydroxylation is 1. The smallest absolute Gasteiger partial charge is 0.321 e. The van der Waals surface area contributed by atoms with Crippen molar-refractivity contribution in [3.63, 3.8) is 0 Å². The van der Waals surface area contributed by atoms with Crippen molar-refractivity contribution in [1.29, 1.82) is 0 Å². The Morgan fingerprint density at radius 1 is 1.23 bits per heavy atom. The minimum absolute atomic E-state index is 0.0383. The van der Waals surface area contributed by atoms with Crippen molar-refractivity contribution in [2.45, 2.75) is 33.2 Å². The Balaban J connectivity index is 1.64. The van der Waals surface area contributed by atoms with Crippen LogP contribution in [0.15, 0.2) is 42.5 Å². The number of amides is 3. The molecule has 7 heteroatoms. The number of likely N-dealkylation sites (tertiary alicyclic amines) is 1. The van der Waals surface area contributed by atoms with E-state index >= 15 is 0 Å². The lowest BCUT2D eigenvalue weighted by Gasteiger charge is -2.39. The summed E-state index contributed by atoms with van der Waals surface area (Å²) >= 11 is 6.05. The van der Waals surface area contributed by atoms with E-state index < -0.39 is 5.41 Å². The number of nitrogens with one attached hydrogen (secondary N) is 2. The molecule has 0 radical (unpaired) electrons. The molecule has 2 aromatic rings. The standard InChI is InChI=1S/C23H28ClN3O3/c1-16-7-4-5-8-17(16)14-25-21(28)23(2)11-6-12-27(15-23)22(29)26-19-13-18(24)9-10-20(19)30-3/h4-5,7-10,13H,6,11-12,14-15H2,1-3H3,(H,25,28)(H,26,29)/t23-/m0/s1. The number of carbonyl (C=O) groups excluding carboxylic acids is 2. The summed E-state index contributed by atoms with van der Waals surface area (Å²) in [6, 6.07) is 12.8. The van der Waals surface area contributed by atoms with E-state index in [0.29, 0.717) is 36.1 Å². The third-order valence-electron chi connectivity index (χ3n) is 5.64. The van der Waals surface area contributed by atoms with Crippen LogP contribution in [0.1, 0.15) is 30.9 Å². The molecule has 2 N–H and O–H groups in total. The van der Waals surface area contributed by atoms with Crippen molar-refractivity contribution in [2.24, 2.45) is 5.41 Å². The fraction of sp³-hybridized carbons (Fsp3) is 0.391. The van der Waals surface area contributed by atoms with Crippen molar-refractivity contribution >= 4 is 29.2 Å². The normalized spacial score (nSPS) is 18.6. The van der Waals surface area contributed by atoms with Crippen molar-refractivity contribution in [3.05, 3.63) is 58.6 Å². The first-order valence-corrected chi connectivity index (χ1v) is 10.4. The SMILES string of the molecule is COc1ccc(Cl)cc1NC(=O)N1CCC[C@](C)(C(=O)NCc2ccccc2C)C1. The molecule has 6 nitrogen and oxygen atoms in total. The Morgan fingerprint density at radius 3 is 2.73 bits per heavy atom. The average Bonchev–Trinajstić information content (AvgIpc) is 2.73. The molecular weight excluding hydrogens is 402 g/mol. The molecule has 0 aromatic heterocycles. The minimum atomic E-state index is -0.642. The van der Waals surface area contributed by atoms with Crippen molar-refractivity contribution in [2.75, 3.05) is 25.5 Å². The van der Waals surface area contributed by atoms with E-state index in [1.807, 2.05) is 38.1 Å². The molecule has 160 valence electrons. The topological polar surface area (TPSA) is 70.7 Å². The highest BCUT2D eigenvalue weighted by Gasteiger charge is 2.39. The summed E-state index contributed by atoms with van der Waals surface area (Å²) in [6.45, 7) is 5.36. The highest BCUT2D eigenvalue weighted by Crippen LogP contribution is 2.32. The van der Waals surface area contributed by atoms with Crippen LogP contribution in [0.4, 0.5) is 10.5 Å². The Bertz CT molecular complexity index is 934. The van der Waals surface area contributed by atoms with Crippen LogP contribution >= 0.6 is 11.6 Å². The fourth-order valence-electron chi connectivity index (χ4n) is 3.77. The number of hydrogen-bond acceptors (Lipinski definition) is 3. The average molecular weight is 430 g/mol. The van der Waals surface area contributed by atoms with Crippen LogP contribution in [0.25, 0.3) is 0 Å². The maximum absolute atomic E-state index is 13.0. The molecule has 1 aliphatic rings. The second-order valence-electron chi connectivity index (χ2n) is 7.97. The lowest BCUT2D eigenvalue weighted by molar-refractivity contribution is -0.132. The molecule has 0 bridgehead atoms. The van der Waals surface area contributed by atoms with Crippen LogP contribution in [-0.2, 0) is 11.3 Å². The van der Waals surface area contributed by atoms with E-state index in [1.165, 1.54) is 7.11 Å². The summed E-state index contributed by atoms with van der Waals surface area (Å²) in [5, 5.41) is 6.41. The monoisotopic (exact) mass is 429 g/mol. The summed E-state index contributed by atoms with van der Waals surface area (Å²) in [5.41, 5.74) is 2.10. The van der Waals surface area contributed by atoms with Gasteiger partial charge in [-0.2, -0.15) is 0 Å². The van der Waals surface area contributed by atoms with Crippen LogP contribution in [0.5, 0.6) is 5.75 Å². The minimum Gasteiger partial charge on any atom is -0.495 e. The zero-order valence-corrected chi connectivity index (χ0v) is 18.4. The highest BCUT2D eigenvalue weighted by molar-refractivity contribution is 6.31. The summed E-state index contributed by atoms with van der Waals surface area (Å²) < 4.78 is 5.30. The number of anilines is 1. The van der Waals surface area contributed by atoms with Crippen LogP contribution in [0.2, 0.25) is 5.02 Å². The molecule has 30 heavy (non-hydrogen) atoms. The third-order valence-corrected chi connectivity index (χ3v) is 5.87. The van der Waals surface area contributed by atoms with E-state index in [4.69, 9.17) is 16.3 Å². The second-order valence-corrected chi connectivity index (χ2v) is 8.41. The van der Waals surface area contributed by atoms with Gasteiger partial charge < -0.3 is 20.3 Å². The number of hydrogen-bond donors (Lipinski definition) is 2. The zero-order valence-electron chi connectivity index (χ0n) is 17.6. The summed E-state index contributed by atoms with van der Waals surface area (Å²) in [7, 11) is 1.54. The van der Waals surface area contributed by atoms with Gasteiger partial charge in [-0.05, 0) is 56.0 Å². The molecule has 1 fully saturated rings. The third kappa shape index (κ3) is 5.05. The van der Waals surface area contributed by atoms with Crippen molar-refractivity contribution < 1.29 is 14.3 Å². The number of urea groups is 1. The van der Waals surface area contributed by atoms with Gasteiger partial charge in [0.05, 0.1) is 18.2 Å². The second kappa shape index (κ2) is 9.39. The Morgan fingerprint density at radius 2 is 2.00 bits per heavy atom. The quantitative estimate of drug-likeness (QED) is 0.729. The molecule has 1 aliphatic heterocycles. The van der Waals surface area contributed by atoms with Gasteiger partial charge in [0.2, 0.25) is 5.91 Å². The van der Waals surface area contributed by atoms with Gasteiger partial charge >= 0.3 is 6.03 Å². The first-order valence-electron chi connectivity index (χ1n) is 10.0. The summed E-state index contributed by atoms with van der Waals surface area (Å²) in [4.78, 5) is 27.5. The van der Waals surface area contributed by atoms with Crippen LogP contribution in [0, 0.1) is 12.3 Å². The van der Waals surface area contributed by atoms with Gasteiger partial charge in [-0.1, -0.05) is 35.9 Å². The van der Waals surface area contributed by atoms with Gasteiger partial charge in [-0.3, -0.25) is 4.79 Å². The zero-order chi connectivity index (χ0) is 21.7. The molecular formula is C23H28ClN3O3. The first kappa shape index (κ1) is 22.0. The number of ether oxygens (including phenoxy) is 1. The van der Waals surface area contributed by atoms with E-state index in [9.17, 15) is 9.59 Å². The summed E-state index contributed by atoms with van der Waals surface area (Å²) in [5.74, 6) is 0.493. The maximum atomic E-state index is 13.0. The number of halogens is 1. The van der Waals surface area contributed by atoms with Crippen molar-refractivity contribution in [1.82, 2.24) is 10.2 Å². The van der Waals surface area contributed by atoms with Crippen LogP contribution in [-0.4, -0.2) is 37.0 Å². The predicted molar refractivity (Wildman–Crippen MR) is 119 cm³/mol. The van der Waals surface area contributed by atoms with Gasteiger partial charge in [0.1, 0.15) is 5.75 Å². The molecule has 3 amide bonds. The Kier molecular flexibility index (Phi) is 6.87. The predicted octanol–water partition coefficient (Wildman–Crippen LogP) is 4.61. The highest BCUT2D eigenvalue weighted by atomic mass is 35.5. The lowest BCUT2D eigenvalue weighted by atomic mass is 9.81. The van der Waals surface area contributed by atoms with E-state index in [-0.39, 0.29) is 11.9 Å². The Hall–Kier alpha value is -2.73. The van der Waals surface area contributed by atoms with Crippen LogP contribution in [0.3, 0.4) is 0 Å². The largest absolute Gasteiger partial charge is 0.495 e. The van der Waals surface area contributed by atoms with E-state index in [0.717, 1.165) is 24.0 Å². The number of methoxy groups -OCH3 is 1. The van der Waals surface area contributed by atoms with Gasteiger partial charge in [-0.15, -0.1) is 0 Å².